The normalized spacial score (nSPS) is 20.0. The van der Waals surface area contributed by atoms with Gasteiger partial charge in [0.25, 0.3) is 0 Å². The molecule has 2 aliphatic rings. The fourth-order valence-corrected chi connectivity index (χ4v) is 4.71. The highest BCUT2D eigenvalue weighted by Crippen LogP contribution is 2.44. The highest BCUT2D eigenvalue weighted by Gasteiger charge is 2.27. The van der Waals surface area contributed by atoms with E-state index in [4.69, 9.17) is 4.74 Å². The Morgan fingerprint density at radius 3 is 2.76 bits per heavy atom. The maximum Gasteiger partial charge on any atom is 0.118 e. The van der Waals surface area contributed by atoms with E-state index in [1.807, 2.05) is 11.3 Å². The van der Waals surface area contributed by atoms with Crippen molar-refractivity contribution in [2.24, 2.45) is 0 Å². The van der Waals surface area contributed by atoms with Gasteiger partial charge >= 0.3 is 0 Å². The van der Waals surface area contributed by atoms with E-state index in [0.717, 1.165) is 25.3 Å². The van der Waals surface area contributed by atoms with Crippen LogP contribution in [0.15, 0.2) is 30.3 Å². The average molecular weight is 297 g/mol. The molecule has 2 heterocycles. The Bertz CT molecular complexity index is 684. The molecule has 1 atom stereocenters. The second-order valence-electron chi connectivity index (χ2n) is 5.64. The Labute approximate surface area is 129 Å². The molecule has 4 rings (SSSR count). The Morgan fingerprint density at radius 1 is 1.14 bits per heavy atom. The number of hydrogen-bond donors (Lipinski definition) is 1. The average Bonchev–Trinajstić information content (AvgIpc) is 2.99. The van der Waals surface area contributed by atoms with Gasteiger partial charge in [-0.15, -0.1) is 11.3 Å². The molecule has 21 heavy (non-hydrogen) atoms. The molecule has 1 unspecified atom stereocenters. The molecule has 0 spiro atoms. The number of benzene rings is 1. The SMILES string of the molecule is COc1ccc(C2C=Cc3sc4c(c32)CCNCC4)cc1. The number of allylic oxidation sites excluding steroid dienone is 1. The molecule has 3 heteroatoms. The first-order chi connectivity index (χ1) is 10.4. The van der Waals surface area contributed by atoms with Gasteiger partial charge in [-0.3, -0.25) is 0 Å². The lowest BCUT2D eigenvalue weighted by Gasteiger charge is -2.13. The fraction of sp³-hybridized carbons (Fsp3) is 0.333. The van der Waals surface area contributed by atoms with Gasteiger partial charge in [-0.25, -0.2) is 0 Å². The monoisotopic (exact) mass is 297 g/mol. The van der Waals surface area contributed by atoms with E-state index in [1.165, 1.54) is 16.9 Å². The van der Waals surface area contributed by atoms with E-state index in [9.17, 15) is 0 Å². The van der Waals surface area contributed by atoms with Crippen molar-refractivity contribution in [3.05, 3.63) is 56.8 Å². The minimum atomic E-state index is 0.420. The summed E-state index contributed by atoms with van der Waals surface area (Å²) in [7, 11) is 1.72. The number of nitrogens with one attached hydrogen (secondary N) is 1. The summed E-state index contributed by atoms with van der Waals surface area (Å²) in [5.41, 5.74) is 4.53. The van der Waals surface area contributed by atoms with Crippen molar-refractivity contribution in [1.82, 2.24) is 5.32 Å². The van der Waals surface area contributed by atoms with Crippen molar-refractivity contribution in [2.45, 2.75) is 18.8 Å². The summed E-state index contributed by atoms with van der Waals surface area (Å²) in [4.78, 5) is 3.07. The molecule has 108 valence electrons. The molecular weight excluding hydrogens is 278 g/mol. The molecule has 0 fully saturated rings. The molecular formula is C18H19NOS. The topological polar surface area (TPSA) is 21.3 Å². The van der Waals surface area contributed by atoms with Crippen molar-refractivity contribution in [2.75, 3.05) is 20.2 Å². The number of thiophene rings is 1. The number of hydrogen-bond acceptors (Lipinski definition) is 3. The van der Waals surface area contributed by atoms with Crippen LogP contribution < -0.4 is 10.1 Å². The molecule has 0 amide bonds. The summed E-state index contributed by atoms with van der Waals surface area (Å²) in [6.07, 6.45) is 7.00. The van der Waals surface area contributed by atoms with Crippen LogP contribution in [-0.4, -0.2) is 20.2 Å². The van der Waals surface area contributed by atoms with E-state index < -0.39 is 0 Å². The third-order valence-electron chi connectivity index (χ3n) is 4.47. The van der Waals surface area contributed by atoms with E-state index in [1.54, 1.807) is 23.1 Å². The number of fused-ring (bicyclic) bond motifs is 3. The minimum absolute atomic E-state index is 0.420. The third-order valence-corrected chi connectivity index (χ3v) is 5.74. The van der Waals surface area contributed by atoms with Gasteiger partial charge in [0.1, 0.15) is 5.75 Å². The number of methoxy groups -OCH3 is 1. The highest BCUT2D eigenvalue weighted by atomic mass is 32.1. The Morgan fingerprint density at radius 2 is 1.95 bits per heavy atom. The van der Waals surface area contributed by atoms with E-state index >= 15 is 0 Å². The van der Waals surface area contributed by atoms with Crippen LogP contribution in [0.3, 0.4) is 0 Å². The van der Waals surface area contributed by atoms with Gasteiger partial charge in [-0.1, -0.05) is 18.2 Å². The van der Waals surface area contributed by atoms with Crippen LogP contribution in [0.4, 0.5) is 0 Å². The molecule has 1 aromatic heterocycles. The fourth-order valence-electron chi connectivity index (χ4n) is 3.40. The van der Waals surface area contributed by atoms with E-state index in [-0.39, 0.29) is 0 Å². The molecule has 2 nitrogen and oxygen atoms in total. The van der Waals surface area contributed by atoms with Crippen LogP contribution in [0.1, 0.15) is 32.4 Å². The molecule has 2 aromatic rings. The number of rotatable bonds is 2. The Kier molecular flexibility index (Phi) is 3.32. The zero-order valence-electron chi connectivity index (χ0n) is 12.2. The van der Waals surface area contributed by atoms with Crippen molar-refractivity contribution >= 4 is 17.4 Å². The first kappa shape index (κ1) is 13.1. The molecule has 0 bridgehead atoms. The molecule has 1 aliphatic carbocycles. The summed E-state index contributed by atoms with van der Waals surface area (Å²) in [6.45, 7) is 2.22. The molecule has 1 aliphatic heterocycles. The van der Waals surface area contributed by atoms with Crippen LogP contribution >= 0.6 is 11.3 Å². The minimum Gasteiger partial charge on any atom is -0.497 e. The predicted molar refractivity (Wildman–Crippen MR) is 88.5 cm³/mol. The van der Waals surface area contributed by atoms with Crippen molar-refractivity contribution in [3.63, 3.8) is 0 Å². The van der Waals surface area contributed by atoms with Gasteiger partial charge in [0.2, 0.25) is 0 Å². The van der Waals surface area contributed by atoms with Gasteiger partial charge in [-0.05, 0) is 60.8 Å². The molecule has 0 saturated heterocycles. The van der Waals surface area contributed by atoms with Crippen LogP contribution in [0.2, 0.25) is 0 Å². The van der Waals surface area contributed by atoms with Crippen molar-refractivity contribution < 1.29 is 4.74 Å². The third kappa shape index (κ3) is 2.21. The molecule has 1 N–H and O–H groups in total. The smallest absolute Gasteiger partial charge is 0.118 e. The molecule has 0 radical (unpaired) electrons. The lowest BCUT2D eigenvalue weighted by atomic mass is 9.90. The van der Waals surface area contributed by atoms with Crippen LogP contribution in [0.5, 0.6) is 5.75 Å². The highest BCUT2D eigenvalue weighted by molar-refractivity contribution is 7.13. The largest absolute Gasteiger partial charge is 0.497 e. The van der Waals surface area contributed by atoms with Crippen LogP contribution in [0.25, 0.3) is 6.08 Å². The maximum absolute atomic E-state index is 5.27. The Hall–Kier alpha value is -1.58. The first-order valence-electron chi connectivity index (χ1n) is 7.54. The quantitative estimate of drug-likeness (QED) is 0.914. The van der Waals surface area contributed by atoms with Gasteiger partial charge in [0.05, 0.1) is 7.11 Å². The van der Waals surface area contributed by atoms with Crippen LogP contribution in [-0.2, 0) is 12.8 Å². The summed E-state index contributed by atoms with van der Waals surface area (Å²) in [5.74, 6) is 1.35. The standard InChI is InChI=1S/C18H19NOS/c1-20-13-4-2-12(3-5-13)14-6-7-17-18(14)15-8-10-19-11-9-16(15)21-17/h2-7,14,19H,8-11H2,1H3. The Balaban J connectivity index is 1.74. The van der Waals surface area contributed by atoms with Crippen molar-refractivity contribution in [1.29, 1.82) is 0 Å². The lowest BCUT2D eigenvalue weighted by Crippen LogP contribution is -2.16. The lowest BCUT2D eigenvalue weighted by molar-refractivity contribution is 0.414. The van der Waals surface area contributed by atoms with Gasteiger partial charge in [-0.2, -0.15) is 0 Å². The summed E-state index contributed by atoms with van der Waals surface area (Å²) in [6, 6.07) is 8.52. The zero-order valence-corrected chi connectivity index (χ0v) is 13.0. The summed E-state index contributed by atoms with van der Waals surface area (Å²) >= 11 is 1.99. The zero-order chi connectivity index (χ0) is 14.2. The van der Waals surface area contributed by atoms with E-state index in [0.29, 0.717) is 5.92 Å². The second kappa shape index (κ2) is 5.32. The van der Waals surface area contributed by atoms with Gasteiger partial charge < -0.3 is 10.1 Å². The number of ether oxygens (including phenoxy) is 1. The molecule has 1 aromatic carbocycles. The first-order valence-corrected chi connectivity index (χ1v) is 8.36. The summed E-state index contributed by atoms with van der Waals surface area (Å²) < 4.78 is 5.27. The van der Waals surface area contributed by atoms with E-state index in [2.05, 4.69) is 41.7 Å². The van der Waals surface area contributed by atoms with Crippen LogP contribution in [0, 0.1) is 0 Å². The maximum atomic E-state index is 5.27. The van der Waals surface area contributed by atoms with Gasteiger partial charge in [0, 0.05) is 15.7 Å². The molecule has 0 saturated carbocycles. The van der Waals surface area contributed by atoms with Gasteiger partial charge in [0.15, 0.2) is 0 Å². The second-order valence-corrected chi connectivity index (χ2v) is 6.78. The summed E-state index contributed by atoms with van der Waals surface area (Å²) in [5, 5.41) is 3.51. The van der Waals surface area contributed by atoms with Crippen molar-refractivity contribution in [3.8, 4) is 5.75 Å². The predicted octanol–water partition coefficient (Wildman–Crippen LogP) is 3.60.